The molecule has 1 aromatic carbocycles. The van der Waals surface area contributed by atoms with Gasteiger partial charge in [-0.05, 0) is 32.5 Å². The van der Waals surface area contributed by atoms with Crippen LogP contribution in [0, 0.1) is 5.82 Å². The predicted octanol–water partition coefficient (Wildman–Crippen LogP) is 1.62. The van der Waals surface area contributed by atoms with E-state index in [4.69, 9.17) is 0 Å². The summed E-state index contributed by atoms with van der Waals surface area (Å²) in [5, 5.41) is 12.3. The number of halogens is 1. The van der Waals surface area contributed by atoms with Crippen molar-refractivity contribution in [1.82, 2.24) is 5.32 Å². The molecule has 0 heterocycles. The van der Waals surface area contributed by atoms with E-state index in [0.717, 1.165) is 6.42 Å². The first-order valence-corrected chi connectivity index (χ1v) is 5.78. The van der Waals surface area contributed by atoms with Crippen molar-refractivity contribution >= 4 is 5.69 Å². The first-order chi connectivity index (χ1) is 8.02. The minimum Gasteiger partial charge on any atom is -0.394 e. The highest BCUT2D eigenvalue weighted by molar-refractivity contribution is 5.46. The summed E-state index contributed by atoms with van der Waals surface area (Å²) in [6, 6.07) is 6.70. The Hall–Kier alpha value is -1.13. The second-order valence-corrected chi connectivity index (χ2v) is 4.59. The van der Waals surface area contributed by atoms with Gasteiger partial charge in [0.2, 0.25) is 0 Å². The summed E-state index contributed by atoms with van der Waals surface area (Å²) >= 11 is 0. The highest BCUT2D eigenvalue weighted by Gasteiger charge is 2.21. The molecule has 1 atom stereocenters. The van der Waals surface area contributed by atoms with E-state index < -0.39 is 0 Å². The van der Waals surface area contributed by atoms with Gasteiger partial charge in [0.1, 0.15) is 5.82 Å². The second-order valence-electron chi connectivity index (χ2n) is 4.59. The number of hydrogen-bond acceptors (Lipinski definition) is 3. The molecule has 0 aliphatic rings. The zero-order chi connectivity index (χ0) is 12.9. The normalized spacial score (nSPS) is 14.4. The zero-order valence-electron chi connectivity index (χ0n) is 10.7. The van der Waals surface area contributed by atoms with Gasteiger partial charge in [0.25, 0.3) is 0 Å². The molecule has 1 aromatic rings. The average Bonchev–Trinajstić information content (AvgIpc) is 2.36. The molecule has 0 spiro atoms. The number of nitrogens with one attached hydrogen (secondary N) is 1. The van der Waals surface area contributed by atoms with Gasteiger partial charge in [-0.15, -0.1) is 0 Å². The van der Waals surface area contributed by atoms with Gasteiger partial charge in [-0.2, -0.15) is 0 Å². The molecule has 0 aliphatic carbocycles. The van der Waals surface area contributed by atoms with Gasteiger partial charge in [-0.3, -0.25) is 0 Å². The molecule has 0 saturated heterocycles. The number of para-hydroxylation sites is 1. The van der Waals surface area contributed by atoms with Crippen LogP contribution in [0.3, 0.4) is 0 Å². The number of aliphatic hydroxyl groups excluding tert-OH is 1. The lowest BCUT2D eigenvalue weighted by atomic mass is 9.99. The minimum absolute atomic E-state index is 0.0641. The first-order valence-electron chi connectivity index (χ1n) is 5.78. The topological polar surface area (TPSA) is 35.5 Å². The van der Waals surface area contributed by atoms with Crippen molar-refractivity contribution in [3.8, 4) is 0 Å². The Labute approximate surface area is 102 Å². The minimum atomic E-state index is -0.320. The molecule has 0 amide bonds. The van der Waals surface area contributed by atoms with Crippen LogP contribution in [0.25, 0.3) is 0 Å². The maximum absolute atomic E-state index is 13.5. The highest BCUT2D eigenvalue weighted by Crippen LogP contribution is 2.18. The summed E-state index contributed by atoms with van der Waals surface area (Å²) in [6.45, 7) is 2.69. The number of nitrogens with zero attached hydrogens (tertiary/aromatic N) is 1. The van der Waals surface area contributed by atoms with E-state index in [-0.39, 0.29) is 18.0 Å². The number of hydrogen-bond donors (Lipinski definition) is 2. The van der Waals surface area contributed by atoms with E-state index in [1.807, 2.05) is 32.0 Å². The molecule has 2 N–H and O–H groups in total. The van der Waals surface area contributed by atoms with Crippen molar-refractivity contribution in [3.63, 3.8) is 0 Å². The second kappa shape index (κ2) is 5.98. The Bertz CT molecular complexity index is 353. The molecule has 0 bridgehead atoms. The first kappa shape index (κ1) is 13.9. The Balaban J connectivity index is 2.62. The number of benzene rings is 1. The molecule has 0 fully saturated rings. The number of rotatable bonds is 6. The van der Waals surface area contributed by atoms with E-state index in [1.54, 1.807) is 12.1 Å². The standard InChI is InChI=1S/C13H21FN2O/c1-13(10-17,15-2)8-9-16(3)12-7-5-4-6-11(12)14/h4-7,15,17H,8-10H2,1-3H3. The summed E-state index contributed by atoms with van der Waals surface area (Å²) in [5.74, 6) is -0.217. The van der Waals surface area contributed by atoms with Gasteiger partial charge < -0.3 is 15.3 Å². The molecule has 17 heavy (non-hydrogen) atoms. The Morgan fingerprint density at radius 1 is 1.41 bits per heavy atom. The highest BCUT2D eigenvalue weighted by atomic mass is 19.1. The lowest BCUT2D eigenvalue weighted by Gasteiger charge is -2.30. The van der Waals surface area contributed by atoms with Gasteiger partial charge in [0, 0.05) is 19.1 Å². The van der Waals surface area contributed by atoms with Crippen LogP contribution < -0.4 is 10.2 Å². The summed E-state index contributed by atoms with van der Waals surface area (Å²) in [6.07, 6.45) is 0.741. The summed E-state index contributed by atoms with van der Waals surface area (Å²) < 4.78 is 13.5. The summed E-state index contributed by atoms with van der Waals surface area (Å²) in [4.78, 5) is 1.86. The number of anilines is 1. The zero-order valence-corrected chi connectivity index (χ0v) is 10.7. The number of likely N-dealkylation sites (N-methyl/N-ethyl adjacent to an activating group) is 1. The molecule has 1 rings (SSSR count). The van der Waals surface area contributed by atoms with Crippen LogP contribution in [0.5, 0.6) is 0 Å². The lowest BCUT2D eigenvalue weighted by molar-refractivity contribution is 0.175. The molecule has 1 unspecified atom stereocenters. The molecule has 96 valence electrons. The fraction of sp³-hybridized carbons (Fsp3) is 0.538. The van der Waals surface area contributed by atoms with E-state index in [0.29, 0.717) is 12.2 Å². The summed E-state index contributed by atoms with van der Waals surface area (Å²) in [7, 11) is 3.67. The van der Waals surface area contributed by atoms with Gasteiger partial charge in [-0.25, -0.2) is 4.39 Å². The van der Waals surface area contributed by atoms with Crippen molar-refractivity contribution < 1.29 is 9.50 Å². The molecule has 0 radical (unpaired) electrons. The van der Waals surface area contributed by atoms with Crippen LogP contribution in [0.15, 0.2) is 24.3 Å². The number of aliphatic hydroxyl groups is 1. The van der Waals surface area contributed by atoms with Crippen molar-refractivity contribution in [2.75, 3.05) is 32.1 Å². The van der Waals surface area contributed by atoms with Crippen LogP contribution in [-0.2, 0) is 0 Å². The average molecular weight is 240 g/mol. The monoisotopic (exact) mass is 240 g/mol. The largest absolute Gasteiger partial charge is 0.394 e. The van der Waals surface area contributed by atoms with Crippen molar-refractivity contribution in [3.05, 3.63) is 30.1 Å². The van der Waals surface area contributed by atoms with Crippen LogP contribution in [0.1, 0.15) is 13.3 Å². The van der Waals surface area contributed by atoms with E-state index in [1.165, 1.54) is 6.07 Å². The molecule has 3 nitrogen and oxygen atoms in total. The SMILES string of the molecule is CNC(C)(CO)CCN(C)c1ccccc1F. The Morgan fingerprint density at radius 3 is 2.59 bits per heavy atom. The van der Waals surface area contributed by atoms with Gasteiger partial charge >= 0.3 is 0 Å². The molecular formula is C13H21FN2O. The molecule has 0 aliphatic heterocycles. The van der Waals surface area contributed by atoms with E-state index >= 15 is 0 Å². The van der Waals surface area contributed by atoms with Crippen molar-refractivity contribution in [2.45, 2.75) is 18.9 Å². The Kier molecular flexibility index (Phi) is 4.90. The van der Waals surface area contributed by atoms with Crippen LogP contribution in [0.2, 0.25) is 0 Å². The fourth-order valence-corrected chi connectivity index (χ4v) is 1.58. The maximum atomic E-state index is 13.5. The van der Waals surface area contributed by atoms with Crippen molar-refractivity contribution in [2.24, 2.45) is 0 Å². The molecule has 0 aromatic heterocycles. The van der Waals surface area contributed by atoms with E-state index in [2.05, 4.69) is 5.32 Å². The van der Waals surface area contributed by atoms with Gasteiger partial charge in [0.05, 0.1) is 12.3 Å². The summed E-state index contributed by atoms with van der Waals surface area (Å²) in [5.41, 5.74) is 0.267. The quantitative estimate of drug-likeness (QED) is 0.793. The predicted molar refractivity (Wildman–Crippen MR) is 68.8 cm³/mol. The van der Waals surface area contributed by atoms with Gasteiger partial charge in [-0.1, -0.05) is 12.1 Å². The van der Waals surface area contributed by atoms with Crippen LogP contribution >= 0.6 is 0 Å². The van der Waals surface area contributed by atoms with Crippen LogP contribution in [0.4, 0.5) is 10.1 Å². The fourth-order valence-electron chi connectivity index (χ4n) is 1.58. The maximum Gasteiger partial charge on any atom is 0.146 e. The third kappa shape index (κ3) is 3.68. The molecular weight excluding hydrogens is 219 g/mol. The van der Waals surface area contributed by atoms with E-state index in [9.17, 15) is 9.50 Å². The lowest BCUT2D eigenvalue weighted by Crippen LogP contribution is -2.45. The molecule has 4 heteroatoms. The smallest absolute Gasteiger partial charge is 0.146 e. The third-order valence-corrected chi connectivity index (χ3v) is 3.22. The Morgan fingerprint density at radius 2 is 2.06 bits per heavy atom. The van der Waals surface area contributed by atoms with Crippen LogP contribution in [-0.4, -0.2) is 37.9 Å². The third-order valence-electron chi connectivity index (χ3n) is 3.22. The molecule has 0 saturated carbocycles. The van der Waals surface area contributed by atoms with Gasteiger partial charge in [0.15, 0.2) is 0 Å². The van der Waals surface area contributed by atoms with Crippen molar-refractivity contribution in [1.29, 1.82) is 0 Å².